The van der Waals surface area contributed by atoms with Crippen molar-refractivity contribution in [2.24, 2.45) is 0 Å². The average molecular weight is 527 g/mol. The average Bonchev–Trinajstić information content (AvgIpc) is 3.03. The van der Waals surface area contributed by atoms with E-state index in [0.717, 1.165) is 35.7 Å². The summed E-state index contributed by atoms with van der Waals surface area (Å²) < 4.78 is 0. The van der Waals surface area contributed by atoms with Crippen molar-refractivity contribution < 1.29 is 9.59 Å². The van der Waals surface area contributed by atoms with Crippen LogP contribution < -0.4 is 16.0 Å². The minimum Gasteiger partial charge on any atom is -0.350 e. The molecule has 6 nitrogen and oxygen atoms in total. The van der Waals surface area contributed by atoms with Crippen LogP contribution in [0.4, 0.5) is 0 Å². The number of benzene rings is 3. The number of hydrogen-bond donors (Lipinski definition) is 3. The first-order chi connectivity index (χ1) is 17.4. The van der Waals surface area contributed by atoms with Gasteiger partial charge < -0.3 is 20.9 Å². The lowest BCUT2D eigenvalue weighted by Gasteiger charge is -2.25. The standard InChI is InChI=1S/C28H32Cl2N4O2/c1-31-13-4-7-26-28(36)34(18-19-8-11-24(29)25(30)15-19)14-12-23(33-26)17-32-27(35)22-10-9-20-5-2-3-6-21(20)16-22/h2-3,5-6,8-11,15-16,23,26,31,33H,4,7,12-14,17-18H2,1H3,(H,32,35). The Balaban J connectivity index is 1.42. The fourth-order valence-corrected chi connectivity index (χ4v) is 4.92. The lowest BCUT2D eigenvalue weighted by Crippen LogP contribution is -2.48. The Kier molecular flexibility index (Phi) is 9.21. The summed E-state index contributed by atoms with van der Waals surface area (Å²) in [5.74, 6) is -0.0435. The molecule has 0 spiro atoms. The predicted octanol–water partition coefficient (Wildman–Crippen LogP) is 4.64. The van der Waals surface area contributed by atoms with Crippen molar-refractivity contribution in [2.45, 2.75) is 37.9 Å². The summed E-state index contributed by atoms with van der Waals surface area (Å²) in [6.45, 7) is 2.34. The lowest BCUT2D eigenvalue weighted by atomic mass is 10.1. The van der Waals surface area contributed by atoms with E-state index in [1.165, 1.54) is 0 Å². The van der Waals surface area contributed by atoms with Gasteiger partial charge in [0.2, 0.25) is 5.91 Å². The summed E-state index contributed by atoms with van der Waals surface area (Å²) in [5, 5.41) is 12.8. The smallest absolute Gasteiger partial charge is 0.251 e. The van der Waals surface area contributed by atoms with Crippen LogP contribution in [0.3, 0.4) is 0 Å². The molecule has 1 heterocycles. The molecule has 1 saturated heterocycles. The first-order valence-corrected chi connectivity index (χ1v) is 13.1. The van der Waals surface area contributed by atoms with E-state index in [9.17, 15) is 9.59 Å². The van der Waals surface area contributed by atoms with E-state index in [1.54, 1.807) is 6.07 Å². The van der Waals surface area contributed by atoms with Crippen LogP contribution >= 0.6 is 23.2 Å². The number of nitrogens with one attached hydrogen (secondary N) is 3. The van der Waals surface area contributed by atoms with Crippen LogP contribution in [-0.2, 0) is 11.3 Å². The van der Waals surface area contributed by atoms with E-state index in [2.05, 4.69) is 16.0 Å². The van der Waals surface area contributed by atoms with E-state index >= 15 is 0 Å². The first kappa shape index (κ1) is 26.4. The van der Waals surface area contributed by atoms with Crippen molar-refractivity contribution in [2.75, 3.05) is 26.7 Å². The molecule has 1 aliphatic heterocycles. The molecule has 3 aromatic carbocycles. The molecule has 36 heavy (non-hydrogen) atoms. The molecule has 8 heteroatoms. The SMILES string of the molecule is CNCCCC1NC(CNC(=O)c2ccc3ccccc3c2)CCN(Cc2ccc(Cl)c(Cl)c2)C1=O. The summed E-state index contributed by atoms with van der Waals surface area (Å²) in [6.07, 6.45) is 2.32. The second kappa shape index (κ2) is 12.5. The zero-order valence-corrected chi connectivity index (χ0v) is 21.9. The number of amides is 2. The normalized spacial score (nSPS) is 18.3. The third-order valence-corrected chi connectivity index (χ3v) is 7.33. The Bertz CT molecular complexity index is 1220. The number of carbonyl (C=O) groups is 2. The summed E-state index contributed by atoms with van der Waals surface area (Å²) >= 11 is 12.3. The maximum Gasteiger partial charge on any atom is 0.251 e. The van der Waals surface area contributed by atoms with Gasteiger partial charge in [-0.15, -0.1) is 0 Å². The topological polar surface area (TPSA) is 73.5 Å². The van der Waals surface area contributed by atoms with Crippen LogP contribution in [0.1, 0.15) is 35.2 Å². The zero-order chi connectivity index (χ0) is 25.5. The summed E-state index contributed by atoms with van der Waals surface area (Å²) in [5.41, 5.74) is 1.57. The maximum absolute atomic E-state index is 13.4. The molecule has 0 aliphatic carbocycles. The van der Waals surface area contributed by atoms with E-state index < -0.39 is 0 Å². The Morgan fingerprint density at radius 1 is 1.06 bits per heavy atom. The van der Waals surface area contributed by atoms with Crippen molar-refractivity contribution in [1.82, 2.24) is 20.9 Å². The summed E-state index contributed by atoms with van der Waals surface area (Å²) in [6, 6.07) is 18.8. The minimum atomic E-state index is -0.314. The second-order valence-electron chi connectivity index (χ2n) is 9.23. The van der Waals surface area contributed by atoms with Gasteiger partial charge in [-0.25, -0.2) is 0 Å². The zero-order valence-electron chi connectivity index (χ0n) is 20.4. The van der Waals surface area contributed by atoms with Gasteiger partial charge in [-0.1, -0.05) is 59.6 Å². The van der Waals surface area contributed by atoms with Crippen molar-refractivity contribution in [3.8, 4) is 0 Å². The molecule has 0 bridgehead atoms. The molecule has 0 saturated carbocycles. The molecule has 0 radical (unpaired) electrons. The van der Waals surface area contributed by atoms with Crippen LogP contribution in [0.25, 0.3) is 10.8 Å². The maximum atomic E-state index is 13.4. The van der Waals surface area contributed by atoms with Crippen LogP contribution in [0.15, 0.2) is 60.7 Å². The van der Waals surface area contributed by atoms with Crippen molar-refractivity contribution >= 4 is 45.8 Å². The van der Waals surface area contributed by atoms with Crippen molar-refractivity contribution in [3.63, 3.8) is 0 Å². The van der Waals surface area contributed by atoms with Crippen LogP contribution in [0.5, 0.6) is 0 Å². The second-order valence-corrected chi connectivity index (χ2v) is 10.0. The third kappa shape index (κ3) is 6.77. The molecule has 2 amide bonds. The molecular weight excluding hydrogens is 495 g/mol. The number of nitrogens with zero attached hydrogens (tertiary/aromatic N) is 1. The van der Waals surface area contributed by atoms with Gasteiger partial charge in [-0.05, 0) is 73.5 Å². The molecule has 190 valence electrons. The number of halogens is 2. The first-order valence-electron chi connectivity index (χ1n) is 12.3. The van der Waals surface area contributed by atoms with Crippen LogP contribution in [0, 0.1) is 0 Å². The lowest BCUT2D eigenvalue weighted by molar-refractivity contribution is -0.133. The molecule has 3 aromatic rings. The van der Waals surface area contributed by atoms with Gasteiger partial charge in [0.15, 0.2) is 0 Å². The van der Waals surface area contributed by atoms with Crippen molar-refractivity contribution in [3.05, 3.63) is 81.8 Å². The molecule has 0 aromatic heterocycles. The fourth-order valence-electron chi connectivity index (χ4n) is 4.60. The third-order valence-electron chi connectivity index (χ3n) is 6.59. The number of fused-ring (bicyclic) bond motifs is 1. The molecule has 2 atom stereocenters. The van der Waals surface area contributed by atoms with Gasteiger partial charge in [0.1, 0.15) is 0 Å². The van der Waals surface area contributed by atoms with Gasteiger partial charge >= 0.3 is 0 Å². The van der Waals surface area contributed by atoms with E-state index in [1.807, 2.05) is 66.5 Å². The highest BCUT2D eigenvalue weighted by atomic mass is 35.5. The molecule has 4 rings (SSSR count). The predicted molar refractivity (Wildman–Crippen MR) is 147 cm³/mol. The van der Waals surface area contributed by atoms with Crippen LogP contribution in [0.2, 0.25) is 10.0 Å². The highest BCUT2D eigenvalue weighted by molar-refractivity contribution is 6.42. The monoisotopic (exact) mass is 526 g/mol. The fraction of sp³-hybridized carbons (Fsp3) is 0.357. The number of hydrogen-bond acceptors (Lipinski definition) is 4. The van der Waals surface area contributed by atoms with Gasteiger partial charge in [0, 0.05) is 31.2 Å². The van der Waals surface area contributed by atoms with Gasteiger partial charge in [-0.3, -0.25) is 9.59 Å². The Labute approximate surface area is 222 Å². The van der Waals surface area contributed by atoms with Gasteiger partial charge in [-0.2, -0.15) is 0 Å². The highest BCUT2D eigenvalue weighted by Gasteiger charge is 2.30. The van der Waals surface area contributed by atoms with Gasteiger partial charge in [0.25, 0.3) is 5.91 Å². The molecule has 3 N–H and O–H groups in total. The quantitative estimate of drug-likeness (QED) is 0.355. The molecule has 1 aliphatic rings. The Morgan fingerprint density at radius 2 is 1.86 bits per heavy atom. The van der Waals surface area contributed by atoms with Crippen molar-refractivity contribution in [1.29, 1.82) is 0 Å². The highest BCUT2D eigenvalue weighted by Crippen LogP contribution is 2.24. The van der Waals surface area contributed by atoms with E-state index in [4.69, 9.17) is 23.2 Å². The van der Waals surface area contributed by atoms with Gasteiger partial charge in [0.05, 0.1) is 16.1 Å². The number of rotatable bonds is 9. The summed E-state index contributed by atoms with van der Waals surface area (Å²) in [4.78, 5) is 28.2. The van der Waals surface area contributed by atoms with Crippen LogP contribution in [-0.4, -0.2) is 55.5 Å². The Morgan fingerprint density at radius 3 is 2.64 bits per heavy atom. The van der Waals surface area contributed by atoms with E-state index in [-0.39, 0.29) is 23.9 Å². The largest absolute Gasteiger partial charge is 0.350 e. The molecular formula is C28H32Cl2N4O2. The minimum absolute atomic E-state index is 0.0169. The Hall–Kier alpha value is -2.64. The van der Waals surface area contributed by atoms with E-state index in [0.29, 0.717) is 41.7 Å². The number of carbonyl (C=O) groups excluding carboxylic acids is 2. The summed E-state index contributed by atoms with van der Waals surface area (Å²) in [7, 11) is 1.91. The molecule has 1 fully saturated rings. The molecule has 2 unspecified atom stereocenters.